The number of allylic oxidation sites excluding steroid dienone is 1. The van der Waals surface area contributed by atoms with E-state index in [9.17, 15) is 0 Å². The Morgan fingerprint density at radius 3 is 2.29 bits per heavy atom. The molecule has 220 valence electrons. The van der Waals surface area contributed by atoms with Crippen LogP contribution in [0.25, 0.3) is 0 Å². The fraction of sp³-hybridized carbons (Fsp3) is 0.514. The van der Waals surface area contributed by atoms with Crippen molar-refractivity contribution in [1.29, 1.82) is 0 Å². The van der Waals surface area contributed by atoms with Crippen LogP contribution in [-0.4, -0.2) is 16.0 Å². The summed E-state index contributed by atoms with van der Waals surface area (Å²) in [6.45, 7) is 20.9. The number of fused-ring (bicyclic) bond motifs is 1. The highest BCUT2D eigenvalue weighted by atomic mass is 15.3. The van der Waals surface area contributed by atoms with Crippen LogP contribution in [-0.2, 0) is 13.0 Å². The first kappa shape index (κ1) is 30.8. The minimum atomic E-state index is 0.175. The molecule has 1 aliphatic rings. The van der Waals surface area contributed by atoms with Gasteiger partial charge in [-0.1, -0.05) is 93.6 Å². The number of benzene rings is 2. The van der Waals surface area contributed by atoms with E-state index in [2.05, 4.69) is 114 Å². The summed E-state index contributed by atoms with van der Waals surface area (Å²) in [6.07, 6.45) is 13.6. The van der Waals surface area contributed by atoms with Crippen LogP contribution in [0.15, 0.2) is 61.1 Å². The van der Waals surface area contributed by atoms with Crippen LogP contribution in [0, 0.1) is 26.7 Å². The number of rotatable bonds is 13. The third kappa shape index (κ3) is 7.99. The van der Waals surface area contributed by atoms with Gasteiger partial charge in [0.15, 0.2) is 0 Å². The van der Waals surface area contributed by atoms with Gasteiger partial charge in [-0.05, 0) is 88.5 Å². The molecule has 3 aromatic rings. The van der Waals surface area contributed by atoms with Gasteiger partial charge in [0.1, 0.15) is 0 Å². The van der Waals surface area contributed by atoms with Gasteiger partial charge >= 0.3 is 0 Å². The van der Waals surface area contributed by atoms with Crippen molar-refractivity contribution in [2.45, 2.75) is 118 Å². The Morgan fingerprint density at radius 2 is 1.66 bits per heavy atom. The van der Waals surface area contributed by atoms with Crippen molar-refractivity contribution in [3.05, 3.63) is 94.4 Å². The van der Waals surface area contributed by atoms with E-state index < -0.39 is 0 Å². The summed E-state index contributed by atoms with van der Waals surface area (Å²) in [6, 6.07) is 14.4. The molecule has 4 heteroatoms. The van der Waals surface area contributed by atoms with Crippen molar-refractivity contribution in [2.24, 2.45) is 5.92 Å². The van der Waals surface area contributed by atoms with Crippen molar-refractivity contribution in [3.63, 3.8) is 0 Å². The molecule has 0 unspecified atom stereocenters. The fourth-order valence-electron chi connectivity index (χ4n) is 6.49. The van der Waals surface area contributed by atoms with Crippen molar-refractivity contribution in [2.75, 3.05) is 9.80 Å². The molecule has 2 aromatic carbocycles. The lowest BCUT2D eigenvalue weighted by Gasteiger charge is -2.46. The quantitative estimate of drug-likeness (QED) is 0.198. The number of aryl methyl sites for hydroxylation is 4. The van der Waals surface area contributed by atoms with Gasteiger partial charge in [-0.3, -0.25) is 0 Å². The molecule has 2 atom stereocenters. The summed E-state index contributed by atoms with van der Waals surface area (Å²) in [5.74, 6) is 1.49. The molecule has 41 heavy (non-hydrogen) atoms. The number of anilines is 2. The highest BCUT2D eigenvalue weighted by Crippen LogP contribution is 2.45. The number of nitrogens with zero attached hydrogens (tertiary/aromatic N) is 4. The maximum atomic E-state index is 5.03. The fourth-order valence-corrected chi connectivity index (χ4v) is 6.49. The molecule has 0 fully saturated rings. The van der Waals surface area contributed by atoms with Crippen molar-refractivity contribution >= 4 is 11.6 Å². The van der Waals surface area contributed by atoms with Gasteiger partial charge in [0, 0.05) is 36.4 Å². The number of hydrogen-bond donors (Lipinski definition) is 0. The Bertz CT molecular complexity index is 1270. The Hall–Kier alpha value is -3.14. The first-order valence-electron chi connectivity index (χ1n) is 15.9. The molecule has 1 aliphatic heterocycles. The largest absolute Gasteiger partial charge is 0.343 e. The molecule has 0 radical (unpaired) electrons. The minimum Gasteiger partial charge on any atom is -0.343 e. The van der Waals surface area contributed by atoms with E-state index in [1.807, 2.05) is 0 Å². The lowest BCUT2D eigenvalue weighted by molar-refractivity contribution is 0.408. The maximum Gasteiger partial charge on any atom is 0.226 e. The molecule has 0 saturated carbocycles. The van der Waals surface area contributed by atoms with Gasteiger partial charge in [-0.15, -0.1) is 0 Å². The van der Waals surface area contributed by atoms with Crippen LogP contribution < -0.4 is 9.80 Å². The molecule has 1 aromatic heterocycles. The standard InChI is InChI=1S/C37H52N4/c1-9-10-11-12-13-31-23-38-37(39-24-31)40(25-32-19-29(7)18-30(8)20-32)36-22-33(16-14-26(2)3)41(27(4)5)35-17-15-28(6)21-34(35)36/h15,17-21,23-24,26,33,36H,4,9-14,16,22,25H2,1-3,5-8H3/t33-,36+/m1/s1. The average molecular weight is 553 g/mol. The smallest absolute Gasteiger partial charge is 0.226 e. The van der Waals surface area contributed by atoms with E-state index in [1.165, 1.54) is 71.2 Å². The van der Waals surface area contributed by atoms with Crippen LogP contribution in [0.5, 0.6) is 0 Å². The average Bonchev–Trinajstić information content (AvgIpc) is 2.92. The lowest BCUT2D eigenvalue weighted by atomic mass is 9.85. The Kier molecular flexibility index (Phi) is 10.6. The minimum absolute atomic E-state index is 0.175. The summed E-state index contributed by atoms with van der Waals surface area (Å²) in [7, 11) is 0. The molecule has 0 saturated heterocycles. The summed E-state index contributed by atoms with van der Waals surface area (Å²) in [4.78, 5) is 15.0. The monoisotopic (exact) mass is 552 g/mol. The summed E-state index contributed by atoms with van der Waals surface area (Å²) >= 11 is 0. The molecule has 0 spiro atoms. The number of aromatic nitrogens is 2. The van der Waals surface area contributed by atoms with E-state index in [0.717, 1.165) is 37.5 Å². The molecule has 4 rings (SSSR count). The van der Waals surface area contributed by atoms with Crippen LogP contribution in [0.4, 0.5) is 11.6 Å². The van der Waals surface area contributed by atoms with Crippen LogP contribution in [0.3, 0.4) is 0 Å². The second-order valence-electron chi connectivity index (χ2n) is 12.9. The zero-order chi connectivity index (χ0) is 29.5. The van der Waals surface area contributed by atoms with Gasteiger partial charge in [0.2, 0.25) is 5.95 Å². The Labute approximate surface area is 249 Å². The van der Waals surface area contributed by atoms with Crippen LogP contribution in [0.1, 0.15) is 112 Å². The number of hydrogen-bond acceptors (Lipinski definition) is 4. The molecule has 0 bridgehead atoms. The van der Waals surface area contributed by atoms with Crippen LogP contribution >= 0.6 is 0 Å². The van der Waals surface area contributed by atoms with Crippen molar-refractivity contribution in [3.8, 4) is 0 Å². The molecular formula is C37H52N4. The van der Waals surface area contributed by atoms with Gasteiger partial charge in [-0.2, -0.15) is 0 Å². The SMILES string of the molecule is C=C(C)N1c2ccc(C)cc2[C@@H](N(Cc2cc(C)cc(C)c2)c2ncc(CCCCCC)cn2)C[C@H]1CCC(C)C. The molecule has 2 heterocycles. The van der Waals surface area contributed by atoms with E-state index in [4.69, 9.17) is 9.97 Å². The highest BCUT2D eigenvalue weighted by molar-refractivity contribution is 5.64. The van der Waals surface area contributed by atoms with E-state index in [-0.39, 0.29) is 6.04 Å². The zero-order valence-corrected chi connectivity index (χ0v) is 26.7. The zero-order valence-electron chi connectivity index (χ0n) is 26.7. The van der Waals surface area contributed by atoms with Gasteiger partial charge < -0.3 is 9.80 Å². The third-order valence-corrected chi connectivity index (χ3v) is 8.43. The van der Waals surface area contributed by atoms with Gasteiger partial charge in [0.05, 0.1) is 6.04 Å². The predicted molar refractivity (Wildman–Crippen MR) is 176 cm³/mol. The second-order valence-corrected chi connectivity index (χ2v) is 12.9. The summed E-state index contributed by atoms with van der Waals surface area (Å²) < 4.78 is 0. The Morgan fingerprint density at radius 1 is 0.951 bits per heavy atom. The molecular weight excluding hydrogens is 500 g/mol. The van der Waals surface area contributed by atoms with Gasteiger partial charge in [0.25, 0.3) is 0 Å². The predicted octanol–water partition coefficient (Wildman–Crippen LogP) is 9.82. The first-order valence-corrected chi connectivity index (χ1v) is 15.9. The molecule has 0 amide bonds. The first-order chi connectivity index (χ1) is 19.7. The second kappa shape index (κ2) is 14.2. The molecule has 0 aliphatic carbocycles. The normalized spacial score (nSPS) is 16.6. The van der Waals surface area contributed by atoms with E-state index >= 15 is 0 Å². The lowest BCUT2D eigenvalue weighted by Crippen LogP contribution is -2.44. The van der Waals surface area contributed by atoms with Crippen LogP contribution in [0.2, 0.25) is 0 Å². The summed E-state index contributed by atoms with van der Waals surface area (Å²) in [5.41, 5.74) is 10.2. The van der Waals surface area contributed by atoms with Crippen molar-refractivity contribution < 1.29 is 0 Å². The Balaban J connectivity index is 1.77. The van der Waals surface area contributed by atoms with E-state index in [1.54, 1.807) is 0 Å². The maximum absolute atomic E-state index is 5.03. The molecule has 4 nitrogen and oxygen atoms in total. The molecule has 0 N–H and O–H groups in total. The van der Waals surface area contributed by atoms with E-state index in [0.29, 0.717) is 12.0 Å². The van der Waals surface area contributed by atoms with Gasteiger partial charge in [-0.25, -0.2) is 9.97 Å². The topological polar surface area (TPSA) is 32.3 Å². The highest BCUT2D eigenvalue weighted by Gasteiger charge is 2.37. The third-order valence-electron chi connectivity index (χ3n) is 8.43. The summed E-state index contributed by atoms with van der Waals surface area (Å²) in [5, 5.41) is 0. The van der Waals surface area contributed by atoms with Crippen molar-refractivity contribution in [1.82, 2.24) is 9.97 Å². The number of unbranched alkanes of at least 4 members (excludes halogenated alkanes) is 3.